The number of aryl methyl sites for hydroxylation is 1. The molecule has 4 nitrogen and oxygen atoms in total. The molecule has 0 bridgehead atoms. The number of Topliss-reactive ketones (excluding diaryl/α,β-unsaturated/α-hetero) is 1. The fourth-order valence-corrected chi connectivity index (χ4v) is 1.67. The van der Waals surface area contributed by atoms with Gasteiger partial charge in [-0.05, 0) is 22.9 Å². The zero-order valence-electron chi connectivity index (χ0n) is 7.38. The smallest absolute Gasteiger partial charge is 0.350 e. The van der Waals surface area contributed by atoms with Crippen molar-refractivity contribution in [2.75, 3.05) is 0 Å². The first-order valence-corrected chi connectivity index (χ1v) is 6.33. The molecule has 1 rings (SSSR count). The third kappa shape index (κ3) is 2.51. The number of ketones is 1. The van der Waals surface area contributed by atoms with Crippen LogP contribution < -0.4 is 5.63 Å². The maximum absolute atomic E-state index is 11.5. The topological polar surface area (TPSA) is 67.5 Å². The second-order valence-electron chi connectivity index (χ2n) is 2.65. The van der Waals surface area contributed by atoms with E-state index in [9.17, 15) is 14.7 Å². The van der Waals surface area contributed by atoms with Crippen LogP contribution in [0.25, 0.3) is 0 Å². The van der Waals surface area contributed by atoms with Gasteiger partial charge < -0.3 is 9.52 Å². The van der Waals surface area contributed by atoms with Crippen molar-refractivity contribution in [1.29, 1.82) is 0 Å². The summed E-state index contributed by atoms with van der Waals surface area (Å²) in [5, 5.41) is 9.61. The summed E-state index contributed by atoms with van der Waals surface area (Å²) in [4.78, 5) is 22.9. The highest BCUT2D eigenvalue weighted by Gasteiger charge is 2.25. The van der Waals surface area contributed by atoms with E-state index >= 15 is 0 Å². The number of halogens is 3. The van der Waals surface area contributed by atoms with E-state index in [0.29, 0.717) is 0 Å². The fourth-order valence-electron chi connectivity index (χ4n) is 0.934. The molecule has 82 valence electrons. The van der Waals surface area contributed by atoms with Gasteiger partial charge in [-0.1, -0.05) is 31.9 Å². The molecule has 0 atom stereocenters. The minimum absolute atomic E-state index is 0.200. The summed E-state index contributed by atoms with van der Waals surface area (Å²) in [5.41, 5.74) is -1.24. The molecule has 0 spiro atoms. The van der Waals surface area contributed by atoms with Crippen LogP contribution in [0.4, 0.5) is 0 Å². The standard InChI is InChI=1S/C8H5Br3O4/c1-2-4(9)5(12)3(8(14)15-2)6(13)7(10)11/h7,12H,1H3. The summed E-state index contributed by atoms with van der Waals surface area (Å²) in [5.74, 6) is -0.783. The van der Waals surface area contributed by atoms with Gasteiger partial charge in [0.05, 0.1) is 4.47 Å². The van der Waals surface area contributed by atoms with E-state index in [1.54, 1.807) is 0 Å². The number of hydrogen-bond acceptors (Lipinski definition) is 4. The van der Waals surface area contributed by atoms with Gasteiger partial charge >= 0.3 is 5.63 Å². The fraction of sp³-hybridized carbons (Fsp3) is 0.250. The molecule has 1 aromatic heterocycles. The van der Waals surface area contributed by atoms with Crippen molar-refractivity contribution in [3.8, 4) is 5.75 Å². The average molecular weight is 405 g/mol. The van der Waals surface area contributed by atoms with Crippen LogP contribution in [-0.2, 0) is 0 Å². The molecule has 0 radical (unpaired) electrons. The van der Waals surface area contributed by atoms with Gasteiger partial charge in [-0.25, -0.2) is 4.79 Å². The van der Waals surface area contributed by atoms with Crippen LogP contribution in [0.3, 0.4) is 0 Å². The molecule has 0 fully saturated rings. The summed E-state index contributed by atoms with van der Waals surface area (Å²) in [7, 11) is 0. The SMILES string of the molecule is Cc1oc(=O)c(C(=O)C(Br)Br)c(O)c1Br. The van der Waals surface area contributed by atoms with Crippen molar-refractivity contribution in [2.24, 2.45) is 0 Å². The minimum Gasteiger partial charge on any atom is -0.506 e. The Kier molecular flexibility index (Phi) is 4.13. The summed E-state index contributed by atoms with van der Waals surface area (Å²) in [6.45, 7) is 1.50. The molecule has 1 aromatic rings. The quantitative estimate of drug-likeness (QED) is 0.608. The zero-order chi connectivity index (χ0) is 11.7. The minimum atomic E-state index is -0.859. The number of hydrogen-bond donors (Lipinski definition) is 1. The maximum atomic E-state index is 11.5. The normalized spacial score (nSPS) is 10.7. The van der Waals surface area contributed by atoms with Crippen LogP contribution >= 0.6 is 47.8 Å². The molecule has 0 saturated heterocycles. The van der Waals surface area contributed by atoms with Gasteiger partial charge in [-0.3, -0.25) is 4.79 Å². The summed E-state index contributed by atoms with van der Waals surface area (Å²) in [6.07, 6.45) is 0. The van der Waals surface area contributed by atoms with Gasteiger partial charge in [0.25, 0.3) is 0 Å². The molecule has 0 amide bonds. The molecule has 0 aliphatic rings. The number of rotatable bonds is 2. The van der Waals surface area contributed by atoms with Crippen molar-refractivity contribution in [1.82, 2.24) is 0 Å². The highest BCUT2D eigenvalue weighted by atomic mass is 79.9. The Hall–Kier alpha value is -0.140. The lowest BCUT2D eigenvalue weighted by atomic mass is 10.2. The van der Waals surface area contributed by atoms with Gasteiger partial charge in [0, 0.05) is 0 Å². The molecule has 1 heterocycles. The Bertz CT molecular complexity index is 464. The summed E-state index contributed by atoms with van der Waals surface area (Å²) >= 11 is 8.91. The molecule has 15 heavy (non-hydrogen) atoms. The van der Waals surface area contributed by atoms with E-state index in [-0.39, 0.29) is 15.8 Å². The first-order valence-electron chi connectivity index (χ1n) is 3.70. The van der Waals surface area contributed by atoms with E-state index in [4.69, 9.17) is 4.42 Å². The van der Waals surface area contributed by atoms with Gasteiger partial charge in [0.1, 0.15) is 15.1 Å². The summed E-state index contributed by atoms with van der Waals surface area (Å²) in [6, 6.07) is 0. The van der Waals surface area contributed by atoms with Crippen LogP contribution in [0, 0.1) is 6.92 Å². The Balaban J connectivity index is 3.50. The van der Waals surface area contributed by atoms with Crippen LogP contribution in [0.1, 0.15) is 16.1 Å². The molecule has 0 aliphatic carbocycles. The van der Waals surface area contributed by atoms with Crippen LogP contribution in [0.2, 0.25) is 0 Å². The lowest BCUT2D eigenvalue weighted by Crippen LogP contribution is -2.19. The molecular formula is C8H5Br3O4. The molecule has 0 saturated carbocycles. The number of aromatic hydroxyl groups is 1. The second-order valence-corrected chi connectivity index (χ2v) is 6.50. The van der Waals surface area contributed by atoms with Gasteiger partial charge in [0.2, 0.25) is 0 Å². The summed E-state index contributed by atoms with van der Waals surface area (Å²) < 4.78 is 4.22. The predicted octanol–water partition coefficient (Wildman–Crippen LogP) is 2.71. The van der Waals surface area contributed by atoms with Crippen LogP contribution in [-0.4, -0.2) is 14.6 Å². The Morgan fingerprint density at radius 2 is 2.00 bits per heavy atom. The number of alkyl halides is 2. The molecule has 0 aliphatic heterocycles. The van der Waals surface area contributed by atoms with Crippen molar-refractivity contribution in [2.45, 2.75) is 10.7 Å². The van der Waals surface area contributed by atoms with E-state index < -0.39 is 20.9 Å². The highest BCUT2D eigenvalue weighted by Crippen LogP contribution is 2.30. The number of carbonyl (C=O) groups excluding carboxylic acids is 1. The highest BCUT2D eigenvalue weighted by molar-refractivity contribution is 9.25. The Morgan fingerprint density at radius 1 is 1.47 bits per heavy atom. The van der Waals surface area contributed by atoms with E-state index in [1.165, 1.54) is 6.92 Å². The van der Waals surface area contributed by atoms with Crippen molar-refractivity contribution in [3.05, 3.63) is 26.2 Å². The van der Waals surface area contributed by atoms with Gasteiger partial charge in [0.15, 0.2) is 11.5 Å². The first-order chi connectivity index (χ1) is 6.86. The van der Waals surface area contributed by atoms with E-state index in [2.05, 4.69) is 47.8 Å². The molecule has 0 aromatic carbocycles. The van der Waals surface area contributed by atoms with Crippen LogP contribution in [0.5, 0.6) is 5.75 Å². The first kappa shape index (κ1) is 12.9. The third-order valence-corrected chi connectivity index (χ3v) is 3.41. The van der Waals surface area contributed by atoms with Crippen molar-refractivity contribution < 1.29 is 14.3 Å². The molecule has 7 heteroatoms. The van der Waals surface area contributed by atoms with E-state index in [0.717, 1.165) is 0 Å². The largest absolute Gasteiger partial charge is 0.506 e. The lowest BCUT2D eigenvalue weighted by Gasteiger charge is -2.05. The third-order valence-electron chi connectivity index (χ3n) is 1.65. The number of carbonyl (C=O) groups is 1. The zero-order valence-corrected chi connectivity index (χ0v) is 12.1. The molecular weight excluding hydrogens is 400 g/mol. The lowest BCUT2D eigenvalue weighted by molar-refractivity contribution is 0.101. The predicted molar refractivity (Wildman–Crippen MR) is 65.1 cm³/mol. The van der Waals surface area contributed by atoms with Crippen LogP contribution in [0.15, 0.2) is 13.7 Å². The molecule has 1 N–H and O–H groups in total. The Labute approximate surface area is 110 Å². The average Bonchev–Trinajstić information content (AvgIpc) is 2.14. The van der Waals surface area contributed by atoms with Gasteiger partial charge in [-0.15, -0.1) is 0 Å². The van der Waals surface area contributed by atoms with Gasteiger partial charge in [-0.2, -0.15) is 0 Å². The second kappa shape index (κ2) is 4.80. The molecule has 0 unspecified atom stereocenters. The van der Waals surface area contributed by atoms with E-state index in [1.807, 2.05) is 0 Å². The monoisotopic (exact) mass is 402 g/mol. The van der Waals surface area contributed by atoms with Crippen molar-refractivity contribution in [3.63, 3.8) is 0 Å². The Morgan fingerprint density at radius 3 is 2.47 bits per heavy atom. The maximum Gasteiger partial charge on any atom is 0.350 e. The van der Waals surface area contributed by atoms with Crippen molar-refractivity contribution >= 4 is 53.6 Å².